The maximum absolute atomic E-state index is 13.1. The Balaban J connectivity index is 2.20. The van der Waals surface area contributed by atoms with Crippen LogP contribution in [0.1, 0.15) is 42.2 Å². The molecule has 0 saturated carbocycles. The number of hydrogen-bond donors (Lipinski definition) is 1. The fraction of sp³-hybridized carbons (Fsp3) is 0.292. The van der Waals surface area contributed by atoms with Gasteiger partial charge in [0, 0.05) is 17.7 Å². The fourth-order valence-corrected chi connectivity index (χ4v) is 3.72. The first-order valence-corrected chi connectivity index (χ1v) is 9.91. The van der Waals surface area contributed by atoms with Crippen molar-refractivity contribution in [2.24, 2.45) is 5.92 Å². The van der Waals surface area contributed by atoms with Gasteiger partial charge in [-0.15, -0.1) is 0 Å². The molecule has 1 atom stereocenters. The molecule has 0 aliphatic carbocycles. The lowest BCUT2D eigenvalue weighted by Gasteiger charge is -2.28. The van der Waals surface area contributed by atoms with Gasteiger partial charge in [-0.2, -0.15) is 0 Å². The normalized spacial score (nSPS) is 16.1. The number of aliphatic hydroxyl groups excluding tert-OH is 1. The van der Waals surface area contributed by atoms with Gasteiger partial charge in [0.25, 0.3) is 5.91 Å². The third-order valence-electron chi connectivity index (χ3n) is 5.08. The molecule has 1 amide bonds. The maximum atomic E-state index is 13.1. The highest BCUT2D eigenvalue weighted by atomic mass is 16.5. The van der Waals surface area contributed by atoms with E-state index in [1.165, 1.54) is 25.2 Å². The van der Waals surface area contributed by atoms with Gasteiger partial charge in [0.05, 0.1) is 31.4 Å². The van der Waals surface area contributed by atoms with Crippen LogP contribution in [-0.2, 0) is 14.3 Å². The average molecular weight is 423 g/mol. The summed E-state index contributed by atoms with van der Waals surface area (Å²) < 4.78 is 10.2. The zero-order valence-corrected chi connectivity index (χ0v) is 17.9. The van der Waals surface area contributed by atoms with Crippen molar-refractivity contribution >= 4 is 23.3 Å². The van der Waals surface area contributed by atoms with E-state index in [0.717, 1.165) is 0 Å². The van der Waals surface area contributed by atoms with Gasteiger partial charge in [-0.3, -0.25) is 14.5 Å². The summed E-state index contributed by atoms with van der Waals surface area (Å²) in [6.45, 7) is 3.78. The Bertz CT molecular complexity index is 1060. The number of anilines is 1. The molecule has 1 aliphatic rings. The van der Waals surface area contributed by atoms with E-state index in [1.54, 1.807) is 42.5 Å². The fourth-order valence-electron chi connectivity index (χ4n) is 3.72. The Morgan fingerprint density at radius 1 is 1.10 bits per heavy atom. The van der Waals surface area contributed by atoms with Crippen LogP contribution in [0.3, 0.4) is 0 Å². The molecule has 162 valence electrons. The van der Waals surface area contributed by atoms with Gasteiger partial charge < -0.3 is 14.6 Å². The molecule has 1 heterocycles. The van der Waals surface area contributed by atoms with Crippen LogP contribution in [0.5, 0.6) is 5.75 Å². The molecule has 7 heteroatoms. The number of esters is 1. The second-order valence-electron chi connectivity index (χ2n) is 7.64. The number of carbonyl (C=O) groups excluding carboxylic acids is 3. The average Bonchev–Trinajstić information content (AvgIpc) is 3.03. The lowest BCUT2D eigenvalue weighted by molar-refractivity contribution is -0.118. The number of benzene rings is 2. The molecular weight excluding hydrogens is 398 g/mol. The van der Waals surface area contributed by atoms with Crippen LogP contribution >= 0.6 is 0 Å². The van der Waals surface area contributed by atoms with E-state index in [-0.39, 0.29) is 29.3 Å². The highest BCUT2D eigenvalue weighted by molar-refractivity contribution is 6.16. The minimum atomic E-state index is -0.900. The molecule has 2 aromatic carbocycles. The second kappa shape index (κ2) is 9.04. The monoisotopic (exact) mass is 423 g/mol. The number of aliphatic hydroxyl groups is 1. The molecule has 1 N–H and O–H groups in total. The van der Waals surface area contributed by atoms with Crippen LogP contribution in [0.15, 0.2) is 59.9 Å². The number of ether oxygens (including phenoxy) is 2. The molecule has 2 aromatic rings. The Morgan fingerprint density at radius 2 is 1.81 bits per heavy atom. The van der Waals surface area contributed by atoms with Gasteiger partial charge in [-0.1, -0.05) is 38.1 Å². The third kappa shape index (κ3) is 4.17. The molecule has 3 rings (SSSR count). The number of para-hydroxylation sites is 1. The van der Waals surface area contributed by atoms with E-state index in [2.05, 4.69) is 0 Å². The van der Waals surface area contributed by atoms with Crippen LogP contribution < -0.4 is 9.64 Å². The quantitative estimate of drug-likeness (QED) is 0.677. The summed E-state index contributed by atoms with van der Waals surface area (Å²) in [5, 5.41) is 10.7. The van der Waals surface area contributed by atoms with Crippen molar-refractivity contribution in [3.05, 3.63) is 71.0 Å². The van der Waals surface area contributed by atoms with Crippen molar-refractivity contribution in [2.75, 3.05) is 19.1 Å². The summed E-state index contributed by atoms with van der Waals surface area (Å²) >= 11 is 0. The number of methoxy groups -OCH3 is 2. The van der Waals surface area contributed by atoms with E-state index in [0.29, 0.717) is 17.0 Å². The summed E-state index contributed by atoms with van der Waals surface area (Å²) in [5.74, 6) is -1.68. The van der Waals surface area contributed by atoms with Gasteiger partial charge in [-0.05, 0) is 30.2 Å². The third-order valence-corrected chi connectivity index (χ3v) is 5.08. The smallest absolute Gasteiger partial charge is 0.337 e. The van der Waals surface area contributed by atoms with Crippen molar-refractivity contribution < 1.29 is 29.0 Å². The Labute approximate surface area is 180 Å². The standard InChI is InChI=1S/C24H25NO6/c1-14(2)12-18(26)20-21(17-10-5-6-11-19(17)30-3)25(23(28)22(20)27)16-9-7-8-15(13-16)24(29)31-4/h5-11,13-14,21,27H,12H2,1-4H3. The molecule has 0 bridgehead atoms. The van der Waals surface area contributed by atoms with E-state index < -0.39 is 23.7 Å². The van der Waals surface area contributed by atoms with Crippen LogP contribution in [0.25, 0.3) is 0 Å². The van der Waals surface area contributed by atoms with Crippen molar-refractivity contribution in [1.82, 2.24) is 0 Å². The highest BCUT2D eigenvalue weighted by Crippen LogP contribution is 2.44. The predicted octanol–water partition coefficient (Wildman–Crippen LogP) is 4.00. The number of carbonyl (C=O) groups is 3. The molecule has 31 heavy (non-hydrogen) atoms. The van der Waals surface area contributed by atoms with E-state index >= 15 is 0 Å². The summed E-state index contributed by atoms with van der Waals surface area (Å²) in [4.78, 5) is 39.6. The first-order valence-electron chi connectivity index (χ1n) is 9.91. The minimum absolute atomic E-state index is 0.0201. The van der Waals surface area contributed by atoms with E-state index in [1.807, 2.05) is 13.8 Å². The predicted molar refractivity (Wildman–Crippen MR) is 115 cm³/mol. The zero-order chi connectivity index (χ0) is 22.7. The number of amides is 1. The topological polar surface area (TPSA) is 93.1 Å². The molecule has 7 nitrogen and oxygen atoms in total. The largest absolute Gasteiger partial charge is 0.503 e. The molecule has 0 saturated heterocycles. The molecule has 0 fully saturated rings. The molecule has 1 aliphatic heterocycles. The molecule has 1 unspecified atom stereocenters. The van der Waals surface area contributed by atoms with Crippen molar-refractivity contribution in [1.29, 1.82) is 0 Å². The number of rotatable bonds is 7. The van der Waals surface area contributed by atoms with Crippen molar-refractivity contribution in [3.8, 4) is 5.75 Å². The van der Waals surface area contributed by atoms with Gasteiger partial charge in [-0.25, -0.2) is 4.79 Å². The molecule has 0 aromatic heterocycles. The lowest BCUT2D eigenvalue weighted by Crippen LogP contribution is -2.31. The summed E-state index contributed by atoms with van der Waals surface area (Å²) in [6, 6.07) is 12.4. The van der Waals surface area contributed by atoms with E-state index in [4.69, 9.17) is 9.47 Å². The van der Waals surface area contributed by atoms with Crippen molar-refractivity contribution in [2.45, 2.75) is 26.3 Å². The first kappa shape index (κ1) is 22.1. The molecule has 0 radical (unpaired) electrons. The summed E-state index contributed by atoms with van der Waals surface area (Å²) in [6.07, 6.45) is 0.175. The number of ketones is 1. The van der Waals surface area contributed by atoms with Crippen molar-refractivity contribution in [3.63, 3.8) is 0 Å². The Morgan fingerprint density at radius 3 is 2.45 bits per heavy atom. The number of Topliss-reactive ketones (excluding diaryl/α,β-unsaturated/α-hetero) is 1. The minimum Gasteiger partial charge on any atom is -0.503 e. The van der Waals surface area contributed by atoms with Gasteiger partial charge in [0.15, 0.2) is 11.5 Å². The van der Waals surface area contributed by atoms with E-state index in [9.17, 15) is 19.5 Å². The van der Waals surface area contributed by atoms with Crippen LogP contribution in [0, 0.1) is 5.92 Å². The van der Waals surface area contributed by atoms with Crippen LogP contribution in [-0.4, -0.2) is 37.0 Å². The van der Waals surface area contributed by atoms with Gasteiger partial charge in [0.2, 0.25) is 0 Å². The molecule has 0 spiro atoms. The van der Waals surface area contributed by atoms with Crippen LogP contribution in [0.2, 0.25) is 0 Å². The zero-order valence-electron chi connectivity index (χ0n) is 17.9. The van der Waals surface area contributed by atoms with Crippen LogP contribution in [0.4, 0.5) is 5.69 Å². The lowest BCUT2D eigenvalue weighted by atomic mass is 9.91. The number of hydrogen-bond acceptors (Lipinski definition) is 6. The second-order valence-corrected chi connectivity index (χ2v) is 7.64. The maximum Gasteiger partial charge on any atom is 0.337 e. The Hall–Kier alpha value is -3.61. The number of nitrogens with zero attached hydrogens (tertiary/aromatic N) is 1. The highest BCUT2D eigenvalue weighted by Gasteiger charge is 2.45. The van der Waals surface area contributed by atoms with Gasteiger partial charge >= 0.3 is 5.97 Å². The summed E-state index contributed by atoms with van der Waals surface area (Å²) in [7, 11) is 2.76. The first-order chi connectivity index (χ1) is 14.8. The molecular formula is C24H25NO6. The Kier molecular flexibility index (Phi) is 6.44. The SMILES string of the molecule is COC(=O)c1cccc(N2C(=O)C(O)=C(C(=O)CC(C)C)C2c2ccccc2OC)c1. The summed E-state index contributed by atoms with van der Waals surface area (Å²) in [5.41, 5.74) is 1.17. The van der Waals surface area contributed by atoms with Gasteiger partial charge in [0.1, 0.15) is 5.75 Å².